The molecule has 1 aliphatic heterocycles. The molecule has 1 N–H and O–H groups in total. The van der Waals surface area contributed by atoms with E-state index in [-0.39, 0.29) is 31.5 Å². The smallest absolute Gasteiger partial charge is 0.416 e. The molecule has 9 heteroatoms. The molecular weight excluding hydrogens is 433 g/mol. The summed E-state index contributed by atoms with van der Waals surface area (Å²) in [7, 11) is 0. The molecule has 0 radical (unpaired) electrons. The molecule has 1 saturated heterocycles. The predicted molar refractivity (Wildman–Crippen MR) is 111 cm³/mol. The number of piperidine rings is 1. The highest BCUT2D eigenvalue weighted by atomic mass is 19.4. The fourth-order valence-corrected chi connectivity index (χ4v) is 3.67. The van der Waals surface area contributed by atoms with Crippen LogP contribution in [0.1, 0.15) is 43.2 Å². The summed E-state index contributed by atoms with van der Waals surface area (Å²) in [6.07, 6.45) is -6.61. The third-order valence-corrected chi connectivity index (χ3v) is 5.40. The summed E-state index contributed by atoms with van der Waals surface area (Å²) in [4.78, 5) is 10.4. The minimum absolute atomic E-state index is 0.0143. The Balaban J connectivity index is 0.00000114. The van der Waals surface area contributed by atoms with Crippen LogP contribution in [0.4, 0.5) is 27.6 Å². The van der Waals surface area contributed by atoms with Crippen LogP contribution in [-0.4, -0.2) is 36.9 Å². The minimum atomic E-state index is -4.37. The van der Waals surface area contributed by atoms with Crippen LogP contribution in [0.15, 0.2) is 54.6 Å². The van der Waals surface area contributed by atoms with Gasteiger partial charge in [0.15, 0.2) is 0 Å². The molecule has 0 amide bonds. The molecule has 0 aliphatic carbocycles. The van der Waals surface area contributed by atoms with Crippen LogP contribution in [0.5, 0.6) is 0 Å². The van der Waals surface area contributed by atoms with E-state index in [0.717, 1.165) is 23.4 Å². The molecule has 0 spiro atoms. The number of alkyl halides is 5. The van der Waals surface area contributed by atoms with E-state index in [4.69, 9.17) is 14.6 Å². The highest BCUT2D eigenvalue weighted by Crippen LogP contribution is 2.36. The molecule has 176 valence electrons. The number of anilines is 1. The summed E-state index contributed by atoms with van der Waals surface area (Å²) >= 11 is 0. The van der Waals surface area contributed by atoms with Gasteiger partial charge in [0.1, 0.15) is 0 Å². The fraction of sp³-hybridized carbons (Fsp3) is 0.435. The molecule has 1 aliphatic rings. The first kappa shape index (κ1) is 25.6. The first-order valence-corrected chi connectivity index (χ1v) is 10.2. The SMILES string of the molecule is CCC(F)(F)OC[C@@H]1CC[C@H](c2ccc(C(F)(F)F)cc2)CN1c1ccccc1.O=CO. The van der Waals surface area contributed by atoms with Gasteiger partial charge in [-0.25, -0.2) is 0 Å². The quantitative estimate of drug-likeness (QED) is 0.414. The molecule has 2 atom stereocenters. The van der Waals surface area contributed by atoms with Gasteiger partial charge in [-0.3, -0.25) is 4.79 Å². The van der Waals surface area contributed by atoms with Crippen LogP contribution in [-0.2, 0) is 15.7 Å². The molecule has 1 heterocycles. The number of benzene rings is 2. The number of rotatable bonds is 6. The zero-order valence-corrected chi connectivity index (χ0v) is 17.6. The van der Waals surface area contributed by atoms with Gasteiger partial charge in [-0.15, -0.1) is 0 Å². The number of halogens is 5. The molecule has 0 saturated carbocycles. The number of ether oxygens (including phenoxy) is 1. The van der Waals surface area contributed by atoms with Crippen molar-refractivity contribution in [3.8, 4) is 0 Å². The van der Waals surface area contributed by atoms with Crippen LogP contribution in [0.25, 0.3) is 0 Å². The summed E-state index contributed by atoms with van der Waals surface area (Å²) in [6.45, 7) is 1.55. The lowest BCUT2D eigenvalue weighted by Crippen LogP contribution is -2.46. The molecule has 32 heavy (non-hydrogen) atoms. The van der Waals surface area contributed by atoms with E-state index in [1.807, 2.05) is 35.2 Å². The van der Waals surface area contributed by atoms with Gasteiger partial charge in [0, 0.05) is 24.6 Å². The maximum absolute atomic E-state index is 13.6. The van der Waals surface area contributed by atoms with E-state index >= 15 is 0 Å². The highest BCUT2D eigenvalue weighted by Gasteiger charge is 2.34. The third-order valence-electron chi connectivity index (χ3n) is 5.40. The fourth-order valence-electron chi connectivity index (χ4n) is 3.67. The van der Waals surface area contributed by atoms with Crippen molar-refractivity contribution >= 4 is 12.2 Å². The van der Waals surface area contributed by atoms with Crippen molar-refractivity contribution in [2.45, 2.75) is 50.4 Å². The topological polar surface area (TPSA) is 49.8 Å². The standard InChI is InChI=1S/C22H24F5NO.CH2O2/c1-2-21(23,24)29-15-20-13-10-17(14-28(20)19-6-4-3-5-7-19)16-8-11-18(12-9-16)22(25,26)27;2-1-3/h3-9,11-12,17,20H,2,10,13-15H2,1H3;1H,(H,2,3)/t17-,20-;/m0./s1. The first-order valence-electron chi connectivity index (χ1n) is 10.2. The molecule has 2 aromatic carbocycles. The van der Waals surface area contributed by atoms with E-state index in [1.54, 1.807) is 0 Å². The Morgan fingerprint density at radius 3 is 2.16 bits per heavy atom. The molecule has 0 unspecified atom stereocenters. The second kappa shape index (κ2) is 11.3. The Morgan fingerprint density at radius 1 is 1.03 bits per heavy atom. The summed E-state index contributed by atoms with van der Waals surface area (Å²) in [5.41, 5.74) is 1.03. The molecule has 2 aromatic rings. The Labute approximate surface area is 183 Å². The van der Waals surface area contributed by atoms with Gasteiger partial charge in [-0.2, -0.15) is 22.0 Å². The van der Waals surface area contributed by atoms with Gasteiger partial charge in [-0.1, -0.05) is 37.3 Å². The van der Waals surface area contributed by atoms with Gasteiger partial charge in [0.2, 0.25) is 0 Å². The summed E-state index contributed by atoms with van der Waals surface area (Å²) in [5.74, 6) is 0.0143. The monoisotopic (exact) mass is 459 g/mol. The molecule has 1 fully saturated rings. The lowest BCUT2D eigenvalue weighted by Gasteiger charge is -2.42. The second-order valence-electron chi connectivity index (χ2n) is 7.44. The summed E-state index contributed by atoms with van der Waals surface area (Å²) < 4.78 is 70.5. The van der Waals surface area contributed by atoms with Crippen LogP contribution < -0.4 is 4.90 Å². The van der Waals surface area contributed by atoms with Crippen LogP contribution in [0.3, 0.4) is 0 Å². The van der Waals surface area contributed by atoms with Crippen molar-refractivity contribution in [2.75, 3.05) is 18.1 Å². The third kappa shape index (κ3) is 7.19. The molecule has 4 nitrogen and oxygen atoms in total. The Kier molecular flexibility index (Phi) is 9.00. The van der Waals surface area contributed by atoms with Crippen molar-refractivity contribution in [3.05, 3.63) is 65.7 Å². The van der Waals surface area contributed by atoms with Crippen molar-refractivity contribution in [1.29, 1.82) is 0 Å². The molecular formula is C23H26F5NO3. The van der Waals surface area contributed by atoms with Gasteiger partial charge in [-0.05, 0) is 42.7 Å². The second-order valence-corrected chi connectivity index (χ2v) is 7.44. The van der Waals surface area contributed by atoms with Gasteiger partial charge in [0.25, 0.3) is 6.47 Å². The Bertz CT molecular complexity index is 828. The van der Waals surface area contributed by atoms with Crippen molar-refractivity contribution in [1.82, 2.24) is 0 Å². The lowest BCUT2D eigenvalue weighted by atomic mass is 9.86. The predicted octanol–water partition coefficient (Wildman–Crippen LogP) is 6.18. The number of hydrogen-bond donors (Lipinski definition) is 1. The number of hydrogen-bond acceptors (Lipinski definition) is 3. The average Bonchev–Trinajstić information content (AvgIpc) is 2.78. The van der Waals surface area contributed by atoms with Crippen LogP contribution in [0, 0.1) is 0 Å². The van der Waals surface area contributed by atoms with Crippen LogP contribution in [0.2, 0.25) is 0 Å². The highest BCUT2D eigenvalue weighted by molar-refractivity contribution is 5.48. The zero-order valence-electron chi connectivity index (χ0n) is 17.6. The van der Waals surface area contributed by atoms with E-state index in [1.165, 1.54) is 19.1 Å². The van der Waals surface area contributed by atoms with Crippen molar-refractivity contribution in [3.63, 3.8) is 0 Å². The average molecular weight is 459 g/mol. The van der Waals surface area contributed by atoms with Crippen molar-refractivity contribution in [2.24, 2.45) is 0 Å². The first-order chi connectivity index (χ1) is 15.1. The minimum Gasteiger partial charge on any atom is -0.483 e. The number of nitrogens with zero attached hydrogens (tertiary/aromatic N) is 1. The number of carboxylic acid groups (broad SMARTS) is 1. The van der Waals surface area contributed by atoms with E-state index in [2.05, 4.69) is 0 Å². The maximum atomic E-state index is 13.6. The van der Waals surface area contributed by atoms with E-state index < -0.39 is 17.8 Å². The zero-order chi connectivity index (χ0) is 23.8. The molecule has 3 rings (SSSR count). The van der Waals surface area contributed by atoms with Gasteiger partial charge in [0.05, 0.1) is 18.2 Å². The van der Waals surface area contributed by atoms with Crippen molar-refractivity contribution < 1.29 is 36.6 Å². The largest absolute Gasteiger partial charge is 0.483 e. The van der Waals surface area contributed by atoms with Gasteiger partial charge >= 0.3 is 12.3 Å². The normalized spacial score (nSPS) is 19.1. The lowest BCUT2D eigenvalue weighted by molar-refractivity contribution is -0.241. The molecule has 0 bridgehead atoms. The maximum Gasteiger partial charge on any atom is 0.416 e. The van der Waals surface area contributed by atoms with E-state index in [0.29, 0.717) is 19.4 Å². The summed E-state index contributed by atoms with van der Waals surface area (Å²) in [5, 5.41) is 6.89. The molecule has 0 aromatic heterocycles. The Hall–Kier alpha value is -2.68. The number of para-hydroxylation sites is 1. The van der Waals surface area contributed by atoms with E-state index in [9.17, 15) is 22.0 Å². The summed E-state index contributed by atoms with van der Waals surface area (Å²) in [6, 6.07) is 14.4. The van der Waals surface area contributed by atoms with Gasteiger partial charge < -0.3 is 14.7 Å². The Morgan fingerprint density at radius 2 is 1.62 bits per heavy atom. The number of carbonyl (C=O) groups is 1. The van der Waals surface area contributed by atoms with Crippen LogP contribution >= 0.6 is 0 Å².